The Morgan fingerprint density at radius 2 is 2.20 bits per heavy atom. The highest BCUT2D eigenvalue weighted by atomic mass is 16.3. The van der Waals surface area contributed by atoms with Crippen LogP contribution in [0.1, 0.15) is 44.4 Å². The number of para-hydroxylation sites is 1. The van der Waals surface area contributed by atoms with E-state index in [0.29, 0.717) is 12.6 Å². The summed E-state index contributed by atoms with van der Waals surface area (Å²) in [6.45, 7) is 4.03. The quantitative estimate of drug-likeness (QED) is 0.923. The van der Waals surface area contributed by atoms with Crippen LogP contribution in [-0.2, 0) is 0 Å². The van der Waals surface area contributed by atoms with Crippen molar-refractivity contribution in [3.63, 3.8) is 0 Å². The van der Waals surface area contributed by atoms with Gasteiger partial charge in [-0.2, -0.15) is 0 Å². The van der Waals surface area contributed by atoms with Crippen LogP contribution in [-0.4, -0.2) is 24.0 Å². The highest BCUT2D eigenvalue weighted by molar-refractivity contribution is 5.77. The second-order valence-corrected chi connectivity index (χ2v) is 5.73. The fourth-order valence-corrected chi connectivity index (χ4v) is 3.45. The van der Waals surface area contributed by atoms with Crippen molar-refractivity contribution in [2.45, 2.75) is 44.7 Å². The van der Waals surface area contributed by atoms with Crippen molar-refractivity contribution in [2.24, 2.45) is 5.73 Å². The highest BCUT2D eigenvalue weighted by Crippen LogP contribution is 2.32. The van der Waals surface area contributed by atoms with Crippen molar-refractivity contribution in [1.82, 2.24) is 4.90 Å². The van der Waals surface area contributed by atoms with Gasteiger partial charge in [-0.3, -0.25) is 4.90 Å². The Hall–Kier alpha value is -1.32. The minimum atomic E-state index is 0.215. The van der Waals surface area contributed by atoms with Gasteiger partial charge in [-0.25, -0.2) is 0 Å². The summed E-state index contributed by atoms with van der Waals surface area (Å²) < 4.78 is 6.05. The molecule has 0 amide bonds. The third-order valence-corrected chi connectivity index (χ3v) is 4.54. The number of fused-ring (bicyclic) bond motifs is 1. The second kappa shape index (κ2) is 5.98. The van der Waals surface area contributed by atoms with Crippen molar-refractivity contribution in [2.75, 3.05) is 13.1 Å². The monoisotopic (exact) mass is 272 g/mol. The Balaban J connectivity index is 1.91. The molecular weight excluding hydrogens is 248 g/mol. The minimum absolute atomic E-state index is 0.215. The fourth-order valence-electron chi connectivity index (χ4n) is 3.45. The molecule has 1 aromatic heterocycles. The van der Waals surface area contributed by atoms with Crippen molar-refractivity contribution in [3.8, 4) is 0 Å². The topological polar surface area (TPSA) is 42.4 Å². The zero-order valence-corrected chi connectivity index (χ0v) is 12.2. The third kappa shape index (κ3) is 2.48. The van der Waals surface area contributed by atoms with Gasteiger partial charge >= 0.3 is 0 Å². The van der Waals surface area contributed by atoms with E-state index < -0.39 is 0 Å². The number of nitrogens with zero attached hydrogens (tertiary/aromatic N) is 1. The van der Waals surface area contributed by atoms with Crippen LogP contribution in [0.15, 0.2) is 34.7 Å². The number of rotatable bonds is 4. The molecule has 0 spiro atoms. The van der Waals surface area contributed by atoms with E-state index in [0.717, 1.165) is 17.9 Å². The van der Waals surface area contributed by atoms with E-state index in [2.05, 4.69) is 30.0 Å². The Morgan fingerprint density at radius 3 is 2.95 bits per heavy atom. The van der Waals surface area contributed by atoms with Gasteiger partial charge in [-0.15, -0.1) is 0 Å². The van der Waals surface area contributed by atoms with E-state index in [1.165, 1.54) is 31.1 Å². The zero-order valence-electron chi connectivity index (χ0n) is 12.2. The first kappa shape index (κ1) is 13.7. The average molecular weight is 272 g/mol. The number of likely N-dealkylation sites (tertiary alicyclic amines) is 1. The van der Waals surface area contributed by atoms with Gasteiger partial charge in [0.15, 0.2) is 0 Å². The number of furan rings is 1. The third-order valence-electron chi connectivity index (χ3n) is 4.54. The largest absolute Gasteiger partial charge is 0.459 e. The van der Waals surface area contributed by atoms with Crippen LogP contribution in [0.5, 0.6) is 0 Å². The maximum absolute atomic E-state index is 6.07. The molecule has 108 valence electrons. The molecule has 0 aliphatic carbocycles. The first-order valence-electron chi connectivity index (χ1n) is 7.77. The molecule has 20 heavy (non-hydrogen) atoms. The van der Waals surface area contributed by atoms with E-state index in [1.54, 1.807) is 0 Å². The molecule has 1 fully saturated rings. The summed E-state index contributed by atoms with van der Waals surface area (Å²) in [5.74, 6) is 1.02. The maximum atomic E-state index is 6.07. The first-order valence-corrected chi connectivity index (χ1v) is 7.77. The minimum Gasteiger partial charge on any atom is -0.459 e. The molecule has 2 heterocycles. The van der Waals surface area contributed by atoms with Gasteiger partial charge in [-0.05, 0) is 37.9 Å². The number of benzene rings is 1. The van der Waals surface area contributed by atoms with Crippen molar-refractivity contribution < 1.29 is 4.42 Å². The standard InChI is InChI=1S/C17H24N2O/c1-2-14-8-5-6-10-19(14)15(12-18)17-11-13-7-3-4-9-16(13)20-17/h3-4,7,9,11,14-15H,2,5-6,8,10,12,18H2,1H3. The van der Waals surface area contributed by atoms with Crippen molar-refractivity contribution in [3.05, 3.63) is 36.1 Å². The summed E-state index contributed by atoms with van der Waals surface area (Å²) in [6.07, 6.45) is 5.09. The molecule has 3 heteroatoms. The predicted molar refractivity (Wildman–Crippen MR) is 82.6 cm³/mol. The summed E-state index contributed by atoms with van der Waals surface area (Å²) in [7, 11) is 0. The molecule has 1 aliphatic rings. The summed E-state index contributed by atoms with van der Waals surface area (Å²) in [4.78, 5) is 2.56. The van der Waals surface area contributed by atoms with Crippen molar-refractivity contribution >= 4 is 11.0 Å². The van der Waals surface area contributed by atoms with E-state index in [1.807, 2.05) is 12.1 Å². The van der Waals surface area contributed by atoms with Gasteiger partial charge < -0.3 is 10.2 Å². The summed E-state index contributed by atoms with van der Waals surface area (Å²) >= 11 is 0. The van der Waals surface area contributed by atoms with Gasteiger partial charge in [0.25, 0.3) is 0 Å². The van der Waals surface area contributed by atoms with Crippen LogP contribution in [0.25, 0.3) is 11.0 Å². The first-order chi connectivity index (χ1) is 9.83. The lowest BCUT2D eigenvalue weighted by Gasteiger charge is -2.39. The van der Waals surface area contributed by atoms with Crippen LogP contribution in [0, 0.1) is 0 Å². The number of piperidine rings is 1. The van der Waals surface area contributed by atoms with Gasteiger partial charge in [0, 0.05) is 18.0 Å². The average Bonchev–Trinajstić information content (AvgIpc) is 2.92. The lowest BCUT2D eigenvalue weighted by atomic mass is 9.97. The van der Waals surface area contributed by atoms with Crippen LogP contribution in [0.4, 0.5) is 0 Å². The Bertz CT molecular complexity index is 530. The number of nitrogens with two attached hydrogens (primary N) is 1. The molecule has 1 aliphatic heterocycles. The summed E-state index contributed by atoms with van der Waals surface area (Å²) in [5.41, 5.74) is 7.04. The number of hydrogen-bond donors (Lipinski definition) is 1. The van der Waals surface area contributed by atoms with E-state index in [-0.39, 0.29) is 6.04 Å². The molecule has 0 saturated carbocycles. The normalized spacial score (nSPS) is 22.2. The lowest BCUT2D eigenvalue weighted by molar-refractivity contribution is 0.0842. The van der Waals surface area contributed by atoms with Crippen molar-refractivity contribution in [1.29, 1.82) is 0 Å². The van der Waals surface area contributed by atoms with Gasteiger partial charge in [0.05, 0.1) is 6.04 Å². The second-order valence-electron chi connectivity index (χ2n) is 5.73. The van der Waals surface area contributed by atoms with Gasteiger partial charge in [-0.1, -0.05) is 31.5 Å². The zero-order chi connectivity index (χ0) is 13.9. The molecule has 1 aromatic carbocycles. The molecular formula is C17H24N2O. The molecule has 3 nitrogen and oxygen atoms in total. The maximum Gasteiger partial charge on any atom is 0.134 e. The van der Waals surface area contributed by atoms with Crippen LogP contribution >= 0.6 is 0 Å². The summed E-state index contributed by atoms with van der Waals surface area (Å²) in [5, 5.41) is 1.17. The Morgan fingerprint density at radius 1 is 1.35 bits per heavy atom. The SMILES string of the molecule is CCC1CCCCN1C(CN)c1cc2ccccc2o1. The molecule has 2 unspecified atom stereocenters. The van der Waals surface area contributed by atoms with Crippen LogP contribution in [0.2, 0.25) is 0 Å². The molecule has 3 rings (SSSR count). The van der Waals surface area contributed by atoms with E-state index in [9.17, 15) is 0 Å². The molecule has 0 radical (unpaired) electrons. The Labute approximate surface area is 120 Å². The molecule has 1 saturated heterocycles. The van der Waals surface area contributed by atoms with E-state index >= 15 is 0 Å². The molecule has 2 N–H and O–H groups in total. The summed E-state index contributed by atoms with van der Waals surface area (Å²) in [6, 6.07) is 11.2. The van der Waals surface area contributed by atoms with Gasteiger partial charge in [0.2, 0.25) is 0 Å². The predicted octanol–water partition coefficient (Wildman–Crippen LogP) is 3.70. The molecule has 2 aromatic rings. The van der Waals surface area contributed by atoms with Crippen LogP contribution < -0.4 is 5.73 Å². The molecule has 0 bridgehead atoms. The molecule has 2 atom stereocenters. The number of hydrogen-bond acceptors (Lipinski definition) is 3. The smallest absolute Gasteiger partial charge is 0.134 e. The van der Waals surface area contributed by atoms with Crippen LogP contribution in [0.3, 0.4) is 0 Å². The van der Waals surface area contributed by atoms with E-state index in [4.69, 9.17) is 10.2 Å². The highest BCUT2D eigenvalue weighted by Gasteiger charge is 2.29. The van der Waals surface area contributed by atoms with Gasteiger partial charge in [0.1, 0.15) is 11.3 Å². The lowest BCUT2D eigenvalue weighted by Crippen LogP contribution is -2.44. The Kier molecular flexibility index (Phi) is 4.08. The fraction of sp³-hybridized carbons (Fsp3) is 0.529.